The smallest absolute Gasteiger partial charge is 0.407 e. The van der Waals surface area contributed by atoms with Crippen LogP contribution in [0.5, 0.6) is 0 Å². The summed E-state index contributed by atoms with van der Waals surface area (Å²) < 4.78 is 7.01. The third-order valence-electron chi connectivity index (χ3n) is 3.88. The van der Waals surface area contributed by atoms with E-state index in [0.717, 1.165) is 11.0 Å². The molecule has 1 amide bonds. The van der Waals surface area contributed by atoms with Crippen molar-refractivity contribution in [3.63, 3.8) is 0 Å². The van der Waals surface area contributed by atoms with Gasteiger partial charge in [-0.2, -0.15) is 0 Å². The van der Waals surface area contributed by atoms with E-state index in [2.05, 4.69) is 10.3 Å². The molecule has 7 nitrogen and oxygen atoms in total. The number of hydrogen-bond acceptors (Lipinski definition) is 5. The number of thioether (sulfide) groups is 1. The SMILES string of the molecule is CC(C)(C)OC(=O)NCCSc1nc2ccccc2n1C(C(=O)O)C(C)(C)C. The number of carboxylic acid groups (broad SMARTS) is 1. The van der Waals surface area contributed by atoms with E-state index in [4.69, 9.17) is 4.74 Å². The van der Waals surface area contributed by atoms with Gasteiger partial charge >= 0.3 is 12.1 Å². The molecular weight excluding hydrogens is 378 g/mol. The molecule has 28 heavy (non-hydrogen) atoms. The van der Waals surface area contributed by atoms with Crippen LogP contribution in [0.4, 0.5) is 4.79 Å². The Hall–Kier alpha value is -2.22. The van der Waals surface area contributed by atoms with Gasteiger partial charge < -0.3 is 19.7 Å². The highest BCUT2D eigenvalue weighted by molar-refractivity contribution is 7.99. The van der Waals surface area contributed by atoms with Gasteiger partial charge in [-0.05, 0) is 38.3 Å². The van der Waals surface area contributed by atoms with E-state index in [0.29, 0.717) is 17.5 Å². The first-order valence-corrected chi connectivity index (χ1v) is 10.2. The fourth-order valence-electron chi connectivity index (χ4n) is 2.85. The quantitative estimate of drug-likeness (QED) is 0.547. The van der Waals surface area contributed by atoms with Gasteiger partial charge in [0.05, 0.1) is 11.0 Å². The van der Waals surface area contributed by atoms with Gasteiger partial charge in [-0.3, -0.25) is 0 Å². The molecule has 0 saturated heterocycles. The van der Waals surface area contributed by atoms with Gasteiger partial charge in [0.15, 0.2) is 5.16 Å². The Morgan fingerprint density at radius 2 is 1.86 bits per heavy atom. The van der Waals surface area contributed by atoms with Gasteiger partial charge in [-0.1, -0.05) is 44.7 Å². The molecule has 8 heteroatoms. The Kier molecular flexibility index (Phi) is 6.64. The molecule has 2 rings (SSSR count). The number of para-hydroxylation sites is 2. The molecule has 0 aliphatic heterocycles. The summed E-state index contributed by atoms with van der Waals surface area (Å²) in [6.07, 6.45) is -0.472. The maximum absolute atomic E-state index is 12.1. The van der Waals surface area contributed by atoms with Crippen LogP contribution in [0.1, 0.15) is 47.6 Å². The van der Waals surface area contributed by atoms with E-state index in [9.17, 15) is 14.7 Å². The summed E-state index contributed by atoms with van der Waals surface area (Å²) in [5.41, 5.74) is 0.486. The second-order valence-corrected chi connectivity index (χ2v) is 9.70. The Bertz CT molecular complexity index is 849. The number of carboxylic acids is 1. The van der Waals surface area contributed by atoms with Crippen LogP contribution in [0.3, 0.4) is 0 Å². The van der Waals surface area contributed by atoms with E-state index in [-0.39, 0.29) is 0 Å². The summed E-state index contributed by atoms with van der Waals surface area (Å²) in [7, 11) is 0. The molecule has 1 aromatic heterocycles. The van der Waals surface area contributed by atoms with E-state index >= 15 is 0 Å². The summed E-state index contributed by atoms with van der Waals surface area (Å²) in [5, 5.41) is 13.2. The van der Waals surface area contributed by atoms with E-state index in [1.165, 1.54) is 11.8 Å². The third kappa shape index (κ3) is 5.64. The number of rotatable bonds is 6. The van der Waals surface area contributed by atoms with Crippen molar-refractivity contribution in [1.82, 2.24) is 14.9 Å². The van der Waals surface area contributed by atoms with Crippen molar-refractivity contribution in [2.75, 3.05) is 12.3 Å². The number of benzene rings is 1. The highest BCUT2D eigenvalue weighted by Crippen LogP contribution is 2.37. The molecule has 1 heterocycles. The molecule has 0 saturated carbocycles. The predicted octanol–water partition coefficient (Wildman–Crippen LogP) is 4.32. The molecule has 0 aliphatic rings. The largest absolute Gasteiger partial charge is 0.480 e. The predicted molar refractivity (Wildman–Crippen MR) is 111 cm³/mol. The minimum atomic E-state index is -0.899. The van der Waals surface area contributed by atoms with Crippen LogP contribution < -0.4 is 5.32 Å². The lowest BCUT2D eigenvalue weighted by Gasteiger charge is -2.29. The lowest BCUT2D eigenvalue weighted by molar-refractivity contribution is -0.144. The molecular formula is C20H29N3O4S. The summed E-state index contributed by atoms with van der Waals surface area (Å²) >= 11 is 1.41. The lowest BCUT2D eigenvalue weighted by Crippen LogP contribution is -2.34. The van der Waals surface area contributed by atoms with Crippen molar-refractivity contribution >= 4 is 34.9 Å². The Labute approximate surface area is 169 Å². The average molecular weight is 408 g/mol. The van der Waals surface area contributed by atoms with Crippen LogP contribution in [0, 0.1) is 5.41 Å². The monoisotopic (exact) mass is 407 g/mol. The number of aromatic nitrogens is 2. The van der Waals surface area contributed by atoms with Gasteiger partial charge in [-0.15, -0.1) is 0 Å². The molecule has 0 bridgehead atoms. The summed E-state index contributed by atoms with van der Waals surface area (Å²) in [6, 6.07) is 6.75. The lowest BCUT2D eigenvalue weighted by atomic mass is 9.86. The standard InChI is InChI=1S/C20H29N3O4S/c1-19(2,3)15(16(24)25)23-14-10-8-7-9-13(14)22-17(23)28-12-11-21-18(26)27-20(4,5)6/h7-10,15H,11-12H2,1-6H3,(H,21,26)(H,24,25). The minimum Gasteiger partial charge on any atom is -0.480 e. The van der Waals surface area contributed by atoms with Crippen LogP contribution >= 0.6 is 11.8 Å². The number of ether oxygens (including phenoxy) is 1. The van der Waals surface area contributed by atoms with E-state index in [1.807, 2.05) is 65.8 Å². The molecule has 1 aromatic carbocycles. The molecule has 0 spiro atoms. The number of aliphatic carboxylic acids is 1. The summed E-state index contributed by atoms with van der Waals surface area (Å²) in [6.45, 7) is 11.5. The van der Waals surface area contributed by atoms with Gasteiger partial charge in [0.2, 0.25) is 0 Å². The molecule has 154 valence electrons. The van der Waals surface area contributed by atoms with Crippen LogP contribution in [0.15, 0.2) is 29.4 Å². The topological polar surface area (TPSA) is 93.5 Å². The number of nitrogens with zero attached hydrogens (tertiary/aromatic N) is 2. The Balaban J connectivity index is 2.21. The maximum Gasteiger partial charge on any atom is 0.407 e. The second-order valence-electron chi connectivity index (χ2n) is 8.64. The van der Waals surface area contributed by atoms with Crippen molar-refractivity contribution in [1.29, 1.82) is 0 Å². The van der Waals surface area contributed by atoms with Crippen LogP contribution in [0.2, 0.25) is 0 Å². The first kappa shape index (κ1) is 22.1. The van der Waals surface area contributed by atoms with Gasteiger partial charge in [0.25, 0.3) is 0 Å². The van der Waals surface area contributed by atoms with Crippen molar-refractivity contribution in [2.24, 2.45) is 5.41 Å². The molecule has 0 fully saturated rings. The highest BCUT2D eigenvalue weighted by Gasteiger charge is 2.35. The maximum atomic E-state index is 12.1. The van der Waals surface area contributed by atoms with E-state index in [1.54, 1.807) is 4.57 Å². The first-order chi connectivity index (χ1) is 12.9. The fourth-order valence-corrected chi connectivity index (χ4v) is 3.74. The zero-order valence-corrected chi connectivity index (χ0v) is 18.1. The van der Waals surface area contributed by atoms with E-state index < -0.39 is 29.1 Å². The highest BCUT2D eigenvalue weighted by atomic mass is 32.2. The van der Waals surface area contributed by atoms with Crippen molar-refractivity contribution in [3.8, 4) is 0 Å². The Morgan fingerprint density at radius 3 is 2.43 bits per heavy atom. The summed E-state index contributed by atoms with van der Waals surface area (Å²) in [4.78, 5) is 28.5. The van der Waals surface area contributed by atoms with Gasteiger partial charge in [-0.25, -0.2) is 14.6 Å². The number of nitrogens with one attached hydrogen (secondary N) is 1. The van der Waals surface area contributed by atoms with Gasteiger partial charge in [0.1, 0.15) is 11.6 Å². The average Bonchev–Trinajstić information content (AvgIpc) is 2.87. The first-order valence-electron chi connectivity index (χ1n) is 9.19. The minimum absolute atomic E-state index is 0.385. The number of alkyl carbamates (subject to hydrolysis) is 1. The molecule has 1 atom stereocenters. The molecule has 2 N–H and O–H groups in total. The number of amides is 1. The summed E-state index contributed by atoms with van der Waals surface area (Å²) in [5.74, 6) is -0.358. The number of imidazole rings is 1. The molecule has 2 aromatic rings. The van der Waals surface area contributed by atoms with Crippen molar-refractivity contribution in [3.05, 3.63) is 24.3 Å². The normalized spacial score (nSPS) is 13.4. The molecule has 0 radical (unpaired) electrons. The number of carbonyl (C=O) groups is 2. The van der Waals surface area contributed by atoms with Crippen LogP contribution in [-0.4, -0.2) is 44.6 Å². The molecule has 0 aliphatic carbocycles. The number of carbonyl (C=O) groups excluding carboxylic acids is 1. The zero-order chi connectivity index (χ0) is 21.1. The number of hydrogen-bond donors (Lipinski definition) is 2. The van der Waals surface area contributed by atoms with Crippen molar-refractivity contribution < 1.29 is 19.4 Å². The fraction of sp³-hybridized carbons (Fsp3) is 0.550. The van der Waals surface area contributed by atoms with Crippen LogP contribution in [-0.2, 0) is 9.53 Å². The second kappa shape index (κ2) is 8.43. The third-order valence-corrected chi connectivity index (χ3v) is 4.83. The zero-order valence-electron chi connectivity index (χ0n) is 17.3. The van der Waals surface area contributed by atoms with Crippen molar-refractivity contribution in [2.45, 2.75) is 58.3 Å². The Morgan fingerprint density at radius 1 is 1.21 bits per heavy atom. The number of fused-ring (bicyclic) bond motifs is 1. The molecule has 1 unspecified atom stereocenters. The van der Waals surface area contributed by atoms with Gasteiger partial charge in [0, 0.05) is 12.3 Å². The van der Waals surface area contributed by atoms with Crippen LogP contribution in [0.25, 0.3) is 11.0 Å².